The minimum atomic E-state index is 0.00916. The van der Waals surface area contributed by atoms with E-state index in [1.54, 1.807) is 22.8 Å². The molecule has 0 atom stereocenters. The maximum Gasteiger partial charge on any atom is 0.249 e. The van der Waals surface area contributed by atoms with E-state index in [1.807, 2.05) is 31.2 Å². The van der Waals surface area contributed by atoms with Crippen molar-refractivity contribution in [3.05, 3.63) is 46.5 Å². The summed E-state index contributed by atoms with van der Waals surface area (Å²) in [5.74, 6) is 0.0724. The molecule has 1 heterocycles. The quantitative estimate of drug-likeness (QED) is 0.804. The maximum atomic E-state index is 12.3. The van der Waals surface area contributed by atoms with Gasteiger partial charge in [-0.3, -0.25) is 9.59 Å². The Balaban J connectivity index is 2.05. The SMILES string of the molecule is C/C=C(\C)C(=O)N1CCC(=O)N(Cc2ccccc2Cl)CC1. The standard InChI is InChI=1S/C17H21ClN2O2/c1-3-13(2)17(22)19-9-8-16(21)20(11-10-19)12-14-6-4-5-7-15(14)18/h3-7H,8-12H2,1-2H3/b13-3+. The average molecular weight is 321 g/mol. The van der Waals surface area contributed by atoms with Crippen LogP contribution in [0.1, 0.15) is 25.8 Å². The van der Waals surface area contributed by atoms with Crippen LogP contribution in [-0.4, -0.2) is 41.2 Å². The second kappa shape index (κ2) is 7.45. The van der Waals surface area contributed by atoms with Crippen LogP contribution in [0.15, 0.2) is 35.9 Å². The van der Waals surface area contributed by atoms with E-state index in [2.05, 4.69) is 0 Å². The number of rotatable bonds is 3. The van der Waals surface area contributed by atoms with Crippen molar-refractivity contribution in [3.8, 4) is 0 Å². The van der Waals surface area contributed by atoms with E-state index in [9.17, 15) is 9.59 Å². The van der Waals surface area contributed by atoms with Crippen LogP contribution in [0.3, 0.4) is 0 Å². The predicted molar refractivity (Wildman–Crippen MR) is 87.5 cm³/mol. The van der Waals surface area contributed by atoms with Crippen LogP contribution in [0.4, 0.5) is 0 Å². The predicted octanol–water partition coefficient (Wildman–Crippen LogP) is 2.87. The molecule has 0 aromatic heterocycles. The fourth-order valence-electron chi connectivity index (χ4n) is 2.44. The Morgan fingerprint density at radius 3 is 2.68 bits per heavy atom. The molecule has 118 valence electrons. The topological polar surface area (TPSA) is 40.6 Å². The van der Waals surface area contributed by atoms with Gasteiger partial charge in [0, 0.05) is 43.2 Å². The van der Waals surface area contributed by atoms with E-state index < -0.39 is 0 Å². The summed E-state index contributed by atoms with van der Waals surface area (Å²) in [6.45, 7) is 5.70. The van der Waals surface area contributed by atoms with Crippen LogP contribution < -0.4 is 0 Å². The largest absolute Gasteiger partial charge is 0.337 e. The van der Waals surface area contributed by atoms with Crippen molar-refractivity contribution in [1.29, 1.82) is 0 Å². The average Bonchev–Trinajstić information content (AvgIpc) is 2.70. The summed E-state index contributed by atoms with van der Waals surface area (Å²) in [6.07, 6.45) is 2.16. The van der Waals surface area contributed by atoms with Gasteiger partial charge in [0.15, 0.2) is 0 Å². The second-order valence-corrected chi connectivity index (χ2v) is 5.83. The van der Waals surface area contributed by atoms with E-state index in [0.29, 0.717) is 43.2 Å². The summed E-state index contributed by atoms with van der Waals surface area (Å²) in [5.41, 5.74) is 1.65. The molecular formula is C17H21ClN2O2. The fraction of sp³-hybridized carbons (Fsp3) is 0.412. The highest BCUT2D eigenvalue weighted by Crippen LogP contribution is 2.18. The summed E-state index contributed by atoms with van der Waals surface area (Å²) in [7, 11) is 0. The first-order valence-corrected chi connectivity index (χ1v) is 7.84. The zero-order valence-corrected chi connectivity index (χ0v) is 13.8. The van der Waals surface area contributed by atoms with Crippen LogP contribution >= 0.6 is 11.6 Å². The summed E-state index contributed by atoms with van der Waals surface area (Å²) < 4.78 is 0. The Bertz CT molecular complexity index is 598. The van der Waals surface area contributed by atoms with E-state index in [0.717, 1.165) is 5.56 Å². The molecule has 0 spiro atoms. The second-order valence-electron chi connectivity index (χ2n) is 5.42. The molecule has 4 nitrogen and oxygen atoms in total. The van der Waals surface area contributed by atoms with Gasteiger partial charge in [0.2, 0.25) is 11.8 Å². The number of allylic oxidation sites excluding steroid dienone is 1. The van der Waals surface area contributed by atoms with Gasteiger partial charge in [0.1, 0.15) is 0 Å². The highest BCUT2D eigenvalue weighted by Gasteiger charge is 2.24. The zero-order valence-electron chi connectivity index (χ0n) is 13.0. The van der Waals surface area contributed by atoms with Gasteiger partial charge in [-0.25, -0.2) is 0 Å². The molecule has 0 bridgehead atoms. The number of hydrogen-bond donors (Lipinski definition) is 0. The lowest BCUT2D eigenvalue weighted by Gasteiger charge is -2.23. The van der Waals surface area contributed by atoms with Crippen LogP contribution in [0.2, 0.25) is 5.02 Å². The molecule has 5 heteroatoms. The van der Waals surface area contributed by atoms with Gasteiger partial charge in [-0.15, -0.1) is 0 Å². The molecule has 0 unspecified atom stereocenters. The number of nitrogens with zero attached hydrogens (tertiary/aromatic N) is 2. The monoisotopic (exact) mass is 320 g/mol. The van der Waals surface area contributed by atoms with Crippen molar-refractivity contribution in [2.75, 3.05) is 19.6 Å². The van der Waals surface area contributed by atoms with Crippen molar-refractivity contribution < 1.29 is 9.59 Å². The van der Waals surface area contributed by atoms with Crippen molar-refractivity contribution >= 4 is 23.4 Å². The molecule has 0 aliphatic carbocycles. The summed E-state index contributed by atoms with van der Waals surface area (Å²) in [6, 6.07) is 7.53. The molecule has 0 saturated carbocycles. The molecule has 2 amide bonds. The van der Waals surface area contributed by atoms with Crippen molar-refractivity contribution in [3.63, 3.8) is 0 Å². The molecule has 2 rings (SSSR count). The van der Waals surface area contributed by atoms with Crippen LogP contribution in [0, 0.1) is 0 Å². The van der Waals surface area contributed by atoms with Crippen molar-refractivity contribution in [2.24, 2.45) is 0 Å². The number of benzene rings is 1. The number of carbonyl (C=O) groups is 2. The lowest BCUT2D eigenvalue weighted by molar-refractivity contribution is -0.130. The number of amides is 2. The first-order chi connectivity index (χ1) is 10.5. The Labute approximate surface area is 136 Å². The number of carbonyl (C=O) groups excluding carboxylic acids is 2. The molecule has 1 aliphatic heterocycles. The molecular weight excluding hydrogens is 300 g/mol. The minimum absolute atomic E-state index is 0.00916. The minimum Gasteiger partial charge on any atom is -0.337 e. The number of halogens is 1. The molecule has 1 saturated heterocycles. The van der Waals surface area contributed by atoms with Gasteiger partial charge in [0.25, 0.3) is 0 Å². The third-order valence-electron chi connectivity index (χ3n) is 3.96. The van der Waals surface area contributed by atoms with Gasteiger partial charge in [-0.05, 0) is 25.5 Å². The maximum absolute atomic E-state index is 12.3. The fourth-order valence-corrected chi connectivity index (χ4v) is 2.64. The summed E-state index contributed by atoms with van der Waals surface area (Å²) in [5, 5.41) is 0.664. The normalized spacial score (nSPS) is 16.7. The highest BCUT2D eigenvalue weighted by atomic mass is 35.5. The van der Waals surface area contributed by atoms with Crippen molar-refractivity contribution in [1.82, 2.24) is 9.80 Å². The first kappa shape index (κ1) is 16.6. The van der Waals surface area contributed by atoms with E-state index in [4.69, 9.17) is 11.6 Å². The van der Waals surface area contributed by atoms with Gasteiger partial charge < -0.3 is 9.80 Å². The van der Waals surface area contributed by atoms with E-state index in [-0.39, 0.29) is 11.8 Å². The van der Waals surface area contributed by atoms with Crippen molar-refractivity contribution in [2.45, 2.75) is 26.8 Å². The smallest absolute Gasteiger partial charge is 0.249 e. The highest BCUT2D eigenvalue weighted by molar-refractivity contribution is 6.31. The van der Waals surface area contributed by atoms with Gasteiger partial charge in [0.05, 0.1) is 0 Å². The summed E-state index contributed by atoms with van der Waals surface area (Å²) >= 11 is 6.16. The Morgan fingerprint density at radius 1 is 1.27 bits per heavy atom. The van der Waals surface area contributed by atoms with Gasteiger partial charge >= 0.3 is 0 Å². The lowest BCUT2D eigenvalue weighted by Crippen LogP contribution is -2.36. The Morgan fingerprint density at radius 2 is 2.00 bits per heavy atom. The Hall–Kier alpha value is -1.81. The van der Waals surface area contributed by atoms with E-state index >= 15 is 0 Å². The summed E-state index contributed by atoms with van der Waals surface area (Å²) in [4.78, 5) is 28.0. The Kier molecular flexibility index (Phi) is 5.61. The molecule has 1 aromatic carbocycles. The van der Waals surface area contributed by atoms with Gasteiger partial charge in [-0.2, -0.15) is 0 Å². The third-order valence-corrected chi connectivity index (χ3v) is 4.33. The molecule has 1 aromatic rings. The zero-order chi connectivity index (χ0) is 16.1. The lowest BCUT2D eigenvalue weighted by atomic mass is 10.2. The molecule has 22 heavy (non-hydrogen) atoms. The van der Waals surface area contributed by atoms with Crippen LogP contribution in [0.25, 0.3) is 0 Å². The van der Waals surface area contributed by atoms with Crippen LogP contribution in [0.5, 0.6) is 0 Å². The molecule has 0 radical (unpaired) electrons. The molecule has 1 aliphatic rings. The van der Waals surface area contributed by atoms with Gasteiger partial charge in [-0.1, -0.05) is 35.9 Å². The molecule has 1 fully saturated rings. The number of hydrogen-bond acceptors (Lipinski definition) is 2. The first-order valence-electron chi connectivity index (χ1n) is 7.46. The third kappa shape index (κ3) is 3.89. The van der Waals surface area contributed by atoms with E-state index in [1.165, 1.54) is 0 Å². The molecule has 0 N–H and O–H groups in total. The van der Waals surface area contributed by atoms with Crippen LogP contribution in [-0.2, 0) is 16.1 Å².